The van der Waals surface area contributed by atoms with Gasteiger partial charge in [0.25, 0.3) is 5.91 Å². The van der Waals surface area contributed by atoms with E-state index in [9.17, 15) is 14.7 Å². The Balaban J connectivity index is 1.91. The molecule has 1 heterocycles. The second-order valence-corrected chi connectivity index (χ2v) is 7.84. The van der Waals surface area contributed by atoms with Crippen LogP contribution in [-0.4, -0.2) is 30.5 Å². The molecule has 0 fully saturated rings. The van der Waals surface area contributed by atoms with E-state index >= 15 is 0 Å². The number of aliphatic hydroxyl groups is 1. The van der Waals surface area contributed by atoms with Crippen LogP contribution in [0.1, 0.15) is 49.8 Å². The SMILES string of the molecule is CCCCOc1ccc(CN2C(=O)C(O)(CC(C)=O)c3cc(C)ccc32)cc1OC. The lowest BCUT2D eigenvalue weighted by molar-refractivity contribution is -0.141. The molecule has 0 saturated heterocycles. The number of ether oxygens (including phenoxy) is 2. The molecule has 1 unspecified atom stereocenters. The predicted molar refractivity (Wildman–Crippen MR) is 115 cm³/mol. The van der Waals surface area contributed by atoms with Crippen molar-refractivity contribution in [2.24, 2.45) is 0 Å². The quantitative estimate of drug-likeness (QED) is 0.634. The number of amides is 1. The lowest BCUT2D eigenvalue weighted by Crippen LogP contribution is -2.41. The van der Waals surface area contributed by atoms with Crippen LogP contribution >= 0.6 is 0 Å². The summed E-state index contributed by atoms with van der Waals surface area (Å²) in [5.41, 5.74) is 1.02. The van der Waals surface area contributed by atoms with Crippen LogP contribution in [0.15, 0.2) is 36.4 Å². The van der Waals surface area contributed by atoms with Gasteiger partial charge in [-0.05, 0) is 44.0 Å². The number of hydrogen-bond donors (Lipinski definition) is 1. The van der Waals surface area contributed by atoms with Gasteiger partial charge in [0.05, 0.1) is 25.9 Å². The molecule has 30 heavy (non-hydrogen) atoms. The Kier molecular flexibility index (Phi) is 6.46. The number of carbonyl (C=O) groups is 2. The van der Waals surface area contributed by atoms with E-state index in [-0.39, 0.29) is 18.7 Å². The van der Waals surface area contributed by atoms with Gasteiger partial charge in [0.1, 0.15) is 5.78 Å². The Bertz CT molecular complexity index is 955. The highest BCUT2D eigenvalue weighted by atomic mass is 16.5. The number of hydrogen-bond acceptors (Lipinski definition) is 5. The summed E-state index contributed by atoms with van der Waals surface area (Å²) in [5.74, 6) is 0.529. The van der Waals surface area contributed by atoms with E-state index in [0.717, 1.165) is 24.0 Å². The first-order valence-corrected chi connectivity index (χ1v) is 10.2. The van der Waals surface area contributed by atoms with Crippen LogP contribution in [-0.2, 0) is 21.7 Å². The third-order valence-electron chi connectivity index (χ3n) is 5.32. The van der Waals surface area contributed by atoms with E-state index < -0.39 is 11.5 Å². The highest BCUT2D eigenvalue weighted by Crippen LogP contribution is 2.44. The van der Waals surface area contributed by atoms with Gasteiger partial charge in [-0.3, -0.25) is 9.59 Å². The summed E-state index contributed by atoms with van der Waals surface area (Å²) in [6.07, 6.45) is 1.75. The number of benzene rings is 2. The van der Waals surface area contributed by atoms with Crippen molar-refractivity contribution in [3.63, 3.8) is 0 Å². The minimum absolute atomic E-state index is 0.240. The van der Waals surface area contributed by atoms with Crippen molar-refractivity contribution in [3.8, 4) is 11.5 Å². The van der Waals surface area contributed by atoms with Gasteiger partial charge in [0.2, 0.25) is 0 Å². The van der Waals surface area contributed by atoms with Crippen molar-refractivity contribution in [2.45, 2.75) is 52.2 Å². The normalized spacial score (nSPS) is 17.8. The van der Waals surface area contributed by atoms with Crippen LogP contribution in [0.2, 0.25) is 0 Å². The van der Waals surface area contributed by atoms with Crippen molar-refractivity contribution in [1.29, 1.82) is 0 Å². The second-order valence-electron chi connectivity index (χ2n) is 7.84. The third kappa shape index (κ3) is 4.19. The molecule has 0 radical (unpaired) electrons. The molecule has 1 N–H and O–H groups in total. The number of methoxy groups -OCH3 is 1. The summed E-state index contributed by atoms with van der Waals surface area (Å²) < 4.78 is 11.2. The zero-order chi connectivity index (χ0) is 21.9. The number of ketones is 1. The Morgan fingerprint density at radius 3 is 2.60 bits per heavy atom. The molecule has 2 aromatic rings. The Labute approximate surface area is 177 Å². The fourth-order valence-corrected chi connectivity index (χ4v) is 3.79. The number of anilines is 1. The van der Waals surface area contributed by atoms with E-state index in [4.69, 9.17) is 9.47 Å². The summed E-state index contributed by atoms with van der Waals surface area (Å²) in [5, 5.41) is 11.2. The van der Waals surface area contributed by atoms with Crippen LogP contribution in [0, 0.1) is 6.92 Å². The summed E-state index contributed by atoms with van der Waals surface area (Å²) in [6, 6.07) is 11.0. The highest BCUT2D eigenvalue weighted by Gasteiger charge is 2.50. The van der Waals surface area contributed by atoms with Gasteiger partial charge in [-0.1, -0.05) is 37.1 Å². The molecule has 1 amide bonds. The molecule has 6 nitrogen and oxygen atoms in total. The van der Waals surface area contributed by atoms with Gasteiger partial charge >= 0.3 is 0 Å². The summed E-state index contributed by atoms with van der Waals surface area (Å²) >= 11 is 0. The first-order chi connectivity index (χ1) is 14.3. The van der Waals surface area contributed by atoms with Crippen molar-refractivity contribution in [3.05, 3.63) is 53.1 Å². The number of carbonyl (C=O) groups excluding carboxylic acids is 2. The lowest BCUT2D eigenvalue weighted by Gasteiger charge is -2.22. The first-order valence-electron chi connectivity index (χ1n) is 10.2. The maximum Gasteiger partial charge on any atom is 0.264 e. The standard InChI is InChI=1S/C24H29NO5/c1-5-6-11-30-21-10-8-18(13-22(21)29-4)15-25-20-9-7-16(2)12-19(20)24(28,23(25)27)14-17(3)26/h7-10,12-13,28H,5-6,11,14-15H2,1-4H3. The number of Topliss-reactive ketones (excluding diaryl/α,β-unsaturated/α-hetero) is 1. The molecule has 0 aliphatic carbocycles. The van der Waals surface area contributed by atoms with Crippen LogP contribution in [0.3, 0.4) is 0 Å². The largest absolute Gasteiger partial charge is 0.493 e. The minimum atomic E-state index is -1.83. The van der Waals surface area contributed by atoms with Crippen LogP contribution < -0.4 is 14.4 Å². The molecule has 0 spiro atoms. The van der Waals surface area contributed by atoms with Gasteiger partial charge < -0.3 is 19.5 Å². The number of unbranched alkanes of at least 4 members (excludes halogenated alkanes) is 1. The number of aryl methyl sites for hydroxylation is 1. The summed E-state index contributed by atoms with van der Waals surface area (Å²) in [7, 11) is 1.58. The van der Waals surface area contributed by atoms with Gasteiger partial charge in [-0.25, -0.2) is 0 Å². The highest BCUT2D eigenvalue weighted by molar-refractivity contribution is 6.08. The summed E-state index contributed by atoms with van der Waals surface area (Å²) in [6.45, 7) is 6.24. The molecule has 1 aliphatic rings. The van der Waals surface area contributed by atoms with Gasteiger partial charge in [0, 0.05) is 12.0 Å². The van der Waals surface area contributed by atoms with Gasteiger partial charge in [-0.15, -0.1) is 0 Å². The molecule has 1 aliphatic heterocycles. The fourth-order valence-electron chi connectivity index (χ4n) is 3.79. The van der Waals surface area contributed by atoms with E-state index in [1.54, 1.807) is 13.2 Å². The lowest BCUT2D eigenvalue weighted by atomic mass is 9.89. The predicted octanol–water partition coefficient (Wildman–Crippen LogP) is 3.90. The van der Waals surface area contributed by atoms with Gasteiger partial charge in [0.15, 0.2) is 17.1 Å². The van der Waals surface area contributed by atoms with E-state index in [1.165, 1.54) is 11.8 Å². The molecule has 0 aromatic heterocycles. The average Bonchev–Trinajstić information content (AvgIpc) is 2.90. The fraction of sp³-hybridized carbons (Fsp3) is 0.417. The van der Waals surface area contributed by atoms with E-state index in [1.807, 2.05) is 37.3 Å². The van der Waals surface area contributed by atoms with Crippen LogP contribution in [0.5, 0.6) is 11.5 Å². The number of nitrogens with zero attached hydrogens (tertiary/aromatic N) is 1. The van der Waals surface area contributed by atoms with E-state index in [0.29, 0.717) is 29.4 Å². The zero-order valence-corrected chi connectivity index (χ0v) is 18.0. The smallest absolute Gasteiger partial charge is 0.264 e. The van der Waals surface area contributed by atoms with Crippen molar-refractivity contribution < 1.29 is 24.2 Å². The molecule has 2 aromatic carbocycles. The molecular weight excluding hydrogens is 382 g/mol. The van der Waals surface area contributed by atoms with Crippen molar-refractivity contribution >= 4 is 17.4 Å². The maximum atomic E-state index is 13.2. The molecule has 6 heteroatoms. The Morgan fingerprint density at radius 2 is 1.93 bits per heavy atom. The molecule has 3 rings (SSSR count). The maximum absolute atomic E-state index is 13.2. The Hall–Kier alpha value is -2.86. The first kappa shape index (κ1) is 21.8. The average molecular weight is 411 g/mol. The Morgan fingerprint density at radius 1 is 1.17 bits per heavy atom. The van der Waals surface area contributed by atoms with Gasteiger partial charge in [-0.2, -0.15) is 0 Å². The van der Waals surface area contributed by atoms with Crippen LogP contribution in [0.25, 0.3) is 0 Å². The molecular formula is C24H29NO5. The molecule has 160 valence electrons. The van der Waals surface area contributed by atoms with Crippen molar-refractivity contribution in [2.75, 3.05) is 18.6 Å². The molecule has 0 bridgehead atoms. The number of fused-ring (bicyclic) bond motifs is 1. The third-order valence-corrected chi connectivity index (χ3v) is 5.32. The van der Waals surface area contributed by atoms with E-state index in [2.05, 4.69) is 6.92 Å². The zero-order valence-electron chi connectivity index (χ0n) is 18.0. The molecule has 1 atom stereocenters. The topological polar surface area (TPSA) is 76.1 Å². The molecule has 0 saturated carbocycles. The summed E-state index contributed by atoms with van der Waals surface area (Å²) in [4.78, 5) is 26.5. The minimum Gasteiger partial charge on any atom is -0.493 e. The number of rotatable bonds is 9. The monoisotopic (exact) mass is 411 g/mol. The van der Waals surface area contributed by atoms with Crippen molar-refractivity contribution in [1.82, 2.24) is 0 Å². The second kappa shape index (κ2) is 8.88. The van der Waals surface area contributed by atoms with Crippen LogP contribution in [0.4, 0.5) is 5.69 Å².